The predicted molar refractivity (Wildman–Crippen MR) is 67.7 cm³/mol. The van der Waals surface area contributed by atoms with Gasteiger partial charge in [-0.2, -0.15) is 17.4 Å². The molecule has 2 atom stereocenters. The number of piperidine rings is 1. The van der Waals surface area contributed by atoms with Gasteiger partial charge in [0.2, 0.25) is 0 Å². The molecule has 2 unspecified atom stereocenters. The van der Waals surface area contributed by atoms with E-state index in [1.165, 1.54) is 4.31 Å². The van der Waals surface area contributed by atoms with Gasteiger partial charge in [0.15, 0.2) is 0 Å². The average Bonchev–Trinajstić information content (AvgIpc) is 2.14. The van der Waals surface area contributed by atoms with E-state index in [0.29, 0.717) is 24.9 Å². The molecule has 1 saturated heterocycles. The quantitative estimate of drug-likeness (QED) is 0.780. The second-order valence-electron chi connectivity index (χ2n) is 5.91. The molecule has 1 aliphatic heterocycles. The Bertz CT molecular complexity index is 344. The summed E-state index contributed by atoms with van der Waals surface area (Å²) in [6.45, 7) is 8.36. The van der Waals surface area contributed by atoms with Crippen molar-refractivity contribution in [3.05, 3.63) is 0 Å². The van der Waals surface area contributed by atoms with E-state index in [2.05, 4.69) is 18.6 Å². The van der Waals surface area contributed by atoms with Crippen LogP contribution < -0.4 is 4.72 Å². The lowest BCUT2D eigenvalue weighted by Crippen LogP contribution is -2.55. The van der Waals surface area contributed by atoms with Crippen molar-refractivity contribution in [2.24, 2.45) is 11.8 Å². The molecule has 1 rings (SSSR count). The lowest BCUT2D eigenvalue weighted by atomic mass is 9.94. The summed E-state index contributed by atoms with van der Waals surface area (Å²) in [6, 6.07) is 0. The standard InChI is InChI=1S/C11H24N2O3S/c1-9-5-10(2)7-13(6-9)17(15,16)12-11(3,4)8-14/h9-10,12,14H,5-8H2,1-4H3. The second-order valence-corrected chi connectivity index (χ2v) is 7.58. The maximum absolute atomic E-state index is 12.2. The first-order chi connectivity index (χ1) is 7.66. The fourth-order valence-corrected chi connectivity index (χ4v) is 4.04. The summed E-state index contributed by atoms with van der Waals surface area (Å²) in [5.74, 6) is 0.764. The lowest BCUT2D eigenvalue weighted by molar-refractivity contribution is 0.193. The van der Waals surface area contributed by atoms with Gasteiger partial charge in [0.1, 0.15) is 0 Å². The molecule has 6 heteroatoms. The zero-order valence-corrected chi connectivity index (χ0v) is 11.9. The number of nitrogens with one attached hydrogen (secondary N) is 1. The molecule has 0 radical (unpaired) electrons. The van der Waals surface area contributed by atoms with Crippen molar-refractivity contribution in [1.29, 1.82) is 0 Å². The van der Waals surface area contributed by atoms with Crippen LogP contribution in [-0.2, 0) is 10.2 Å². The fourth-order valence-electron chi connectivity index (χ4n) is 2.25. The third-order valence-corrected chi connectivity index (χ3v) is 4.76. The van der Waals surface area contributed by atoms with Crippen LogP contribution in [0, 0.1) is 11.8 Å². The van der Waals surface area contributed by atoms with Crippen LogP contribution in [0.1, 0.15) is 34.1 Å². The van der Waals surface area contributed by atoms with Crippen molar-refractivity contribution < 1.29 is 13.5 Å². The number of hydrogen-bond acceptors (Lipinski definition) is 3. The molecular weight excluding hydrogens is 240 g/mol. The molecule has 2 N–H and O–H groups in total. The molecule has 0 amide bonds. The first-order valence-electron chi connectivity index (χ1n) is 6.06. The number of aliphatic hydroxyl groups excluding tert-OH is 1. The van der Waals surface area contributed by atoms with E-state index in [0.717, 1.165) is 6.42 Å². The molecule has 5 nitrogen and oxygen atoms in total. The van der Waals surface area contributed by atoms with Crippen molar-refractivity contribution in [2.75, 3.05) is 19.7 Å². The molecular formula is C11H24N2O3S. The summed E-state index contributed by atoms with van der Waals surface area (Å²) in [5, 5.41) is 9.11. The van der Waals surface area contributed by atoms with Gasteiger partial charge >= 0.3 is 0 Å². The minimum Gasteiger partial charge on any atom is -0.394 e. The summed E-state index contributed by atoms with van der Waals surface area (Å²) in [4.78, 5) is 0. The summed E-state index contributed by atoms with van der Waals surface area (Å²) < 4.78 is 28.3. The predicted octanol–water partition coefficient (Wildman–Crippen LogP) is 0.570. The fraction of sp³-hybridized carbons (Fsp3) is 1.00. The van der Waals surface area contributed by atoms with Crippen LogP contribution in [0.5, 0.6) is 0 Å². The zero-order valence-electron chi connectivity index (χ0n) is 11.1. The van der Waals surface area contributed by atoms with Crippen LogP contribution in [-0.4, -0.2) is 43.1 Å². The van der Waals surface area contributed by atoms with Gasteiger partial charge in [-0.05, 0) is 32.1 Å². The molecule has 1 heterocycles. The molecule has 102 valence electrons. The maximum Gasteiger partial charge on any atom is 0.280 e. The van der Waals surface area contributed by atoms with Crippen LogP contribution in [0.3, 0.4) is 0 Å². The Balaban J connectivity index is 2.76. The van der Waals surface area contributed by atoms with Gasteiger partial charge in [-0.1, -0.05) is 13.8 Å². The Morgan fingerprint density at radius 1 is 1.29 bits per heavy atom. The van der Waals surface area contributed by atoms with Crippen LogP contribution in [0.4, 0.5) is 0 Å². The van der Waals surface area contributed by atoms with Crippen molar-refractivity contribution >= 4 is 10.2 Å². The topological polar surface area (TPSA) is 69.6 Å². The Kier molecular flexibility index (Phi) is 4.57. The molecule has 0 aliphatic carbocycles. The van der Waals surface area contributed by atoms with Crippen LogP contribution >= 0.6 is 0 Å². The highest BCUT2D eigenvalue weighted by molar-refractivity contribution is 7.87. The Labute approximate surface area is 104 Å². The van der Waals surface area contributed by atoms with E-state index in [-0.39, 0.29) is 6.61 Å². The SMILES string of the molecule is CC1CC(C)CN(S(=O)(=O)NC(C)(C)CO)C1. The Hall–Kier alpha value is -0.170. The largest absolute Gasteiger partial charge is 0.394 e. The average molecular weight is 264 g/mol. The lowest BCUT2D eigenvalue weighted by Gasteiger charge is -2.36. The van der Waals surface area contributed by atoms with Crippen molar-refractivity contribution in [3.8, 4) is 0 Å². The number of rotatable bonds is 4. The van der Waals surface area contributed by atoms with Gasteiger partial charge in [-0.3, -0.25) is 0 Å². The molecule has 1 aliphatic rings. The van der Waals surface area contributed by atoms with Crippen LogP contribution in [0.2, 0.25) is 0 Å². The zero-order chi connectivity index (χ0) is 13.3. The normalized spacial score (nSPS) is 28.3. The van der Waals surface area contributed by atoms with Gasteiger partial charge in [0.05, 0.1) is 12.1 Å². The molecule has 0 aromatic heterocycles. The molecule has 0 spiro atoms. The highest BCUT2D eigenvalue weighted by atomic mass is 32.2. The molecule has 0 bridgehead atoms. The monoisotopic (exact) mass is 264 g/mol. The molecule has 1 fully saturated rings. The number of aliphatic hydroxyl groups is 1. The highest BCUT2D eigenvalue weighted by Crippen LogP contribution is 2.23. The number of nitrogens with zero attached hydrogens (tertiary/aromatic N) is 1. The first kappa shape index (κ1) is 14.9. The van der Waals surface area contributed by atoms with E-state index in [1.54, 1.807) is 13.8 Å². The third kappa shape index (κ3) is 4.21. The minimum absolute atomic E-state index is 0.217. The molecule has 0 aromatic rings. The van der Waals surface area contributed by atoms with Crippen LogP contribution in [0.25, 0.3) is 0 Å². The first-order valence-corrected chi connectivity index (χ1v) is 7.50. The molecule has 17 heavy (non-hydrogen) atoms. The third-order valence-electron chi connectivity index (χ3n) is 2.98. The maximum atomic E-state index is 12.2. The number of hydrogen-bond donors (Lipinski definition) is 2. The van der Waals surface area contributed by atoms with E-state index in [4.69, 9.17) is 5.11 Å². The highest BCUT2D eigenvalue weighted by Gasteiger charge is 2.33. The minimum atomic E-state index is -3.50. The van der Waals surface area contributed by atoms with E-state index >= 15 is 0 Å². The van der Waals surface area contributed by atoms with Gasteiger partial charge in [0.25, 0.3) is 10.2 Å². The van der Waals surface area contributed by atoms with E-state index in [1.807, 2.05) is 0 Å². The van der Waals surface area contributed by atoms with Gasteiger partial charge in [0, 0.05) is 13.1 Å². The van der Waals surface area contributed by atoms with Crippen molar-refractivity contribution in [2.45, 2.75) is 39.7 Å². The van der Waals surface area contributed by atoms with Crippen molar-refractivity contribution in [3.63, 3.8) is 0 Å². The smallest absolute Gasteiger partial charge is 0.280 e. The molecule has 0 aromatic carbocycles. The van der Waals surface area contributed by atoms with Crippen LogP contribution in [0.15, 0.2) is 0 Å². The van der Waals surface area contributed by atoms with E-state index < -0.39 is 15.7 Å². The Morgan fingerprint density at radius 2 is 1.76 bits per heavy atom. The summed E-state index contributed by atoms with van der Waals surface area (Å²) in [6.07, 6.45) is 1.06. The molecule has 0 saturated carbocycles. The Morgan fingerprint density at radius 3 is 2.18 bits per heavy atom. The summed E-state index contributed by atoms with van der Waals surface area (Å²) >= 11 is 0. The van der Waals surface area contributed by atoms with Gasteiger partial charge in [-0.25, -0.2) is 0 Å². The van der Waals surface area contributed by atoms with Gasteiger partial charge < -0.3 is 5.11 Å². The summed E-state index contributed by atoms with van der Waals surface area (Å²) in [7, 11) is -3.50. The van der Waals surface area contributed by atoms with Gasteiger partial charge in [-0.15, -0.1) is 0 Å². The van der Waals surface area contributed by atoms with Crippen molar-refractivity contribution in [1.82, 2.24) is 9.03 Å². The summed E-state index contributed by atoms with van der Waals surface area (Å²) in [5.41, 5.74) is -0.817. The second kappa shape index (κ2) is 5.22. The van der Waals surface area contributed by atoms with E-state index in [9.17, 15) is 8.42 Å².